The molecule has 1 spiro atoms. The molecule has 1 amide bonds. The van der Waals surface area contributed by atoms with Gasteiger partial charge in [-0.25, -0.2) is 8.42 Å². The zero-order chi connectivity index (χ0) is 21.2. The number of piperidine rings is 1. The van der Waals surface area contributed by atoms with Crippen LogP contribution in [0.3, 0.4) is 0 Å². The average molecular weight is 463 g/mol. The van der Waals surface area contributed by atoms with Gasteiger partial charge in [0.25, 0.3) is 5.91 Å². The second-order valence-electron chi connectivity index (χ2n) is 7.42. The van der Waals surface area contributed by atoms with Crippen molar-refractivity contribution in [3.05, 3.63) is 76.2 Å². The maximum atomic E-state index is 13.1. The van der Waals surface area contributed by atoms with Crippen LogP contribution in [0.15, 0.2) is 60.0 Å². The van der Waals surface area contributed by atoms with E-state index in [1.807, 2.05) is 35.2 Å². The number of carbonyl (C=O) groups is 1. The largest absolute Gasteiger partial charge is 0.323 e. The Morgan fingerprint density at radius 3 is 2.33 bits per heavy atom. The second-order valence-corrected chi connectivity index (χ2v) is 11.1. The Hall–Kier alpha value is -1.80. The Balaban J connectivity index is 1.45. The third-order valence-corrected chi connectivity index (χ3v) is 8.98. The second kappa shape index (κ2) is 8.75. The molecule has 2 saturated heterocycles. The molecule has 158 valence electrons. The summed E-state index contributed by atoms with van der Waals surface area (Å²) in [5, 5.41) is 1.87. The molecule has 0 N–H and O–H groups in total. The molecule has 30 heavy (non-hydrogen) atoms. The van der Waals surface area contributed by atoms with Crippen LogP contribution in [0.25, 0.3) is 6.08 Å². The normalized spacial score (nSPS) is 19.6. The van der Waals surface area contributed by atoms with Crippen LogP contribution in [-0.4, -0.2) is 53.8 Å². The van der Waals surface area contributed by atoms with Crippen molar-refractivity contribution in [1.82, 2.24) is 9.21 Å². The first kappa shape index (κ1) is 21.4. The van der Waals surface area contributed by atoms with Gasteiger partial charge in [-0.1, -0.05) is 41.9 Å². The van der Waals surface area contributed by atoms with Gasteiger partial charge in [0.05, 0.1) is 4.87 Å². The summed E-state index contributed by atoms with van der Waals surface area (Å²) in [6.07, 6.45) is 2.87. The molecular weight excluding hydrogens is 440 g/mol. The summed E-state index contributed by atoms with van der Waals surface area (Å²) in [5.74, 6) is 0.844. The zero-order valence-electron chi connectivity index (χ0n) is 16.4. The number of amides is 1. The maximum absolute atomic E-state index is 13.1. The van der Waals surface area contributed by atoms with Crippen molar-refractivity contribution in [1.29, 1.82) is 0 Å². The lowest BCUT2D eigenvalue weighted by Gasteiger charge is -2.43. The molecule has 2 fully saturated rings. The van der Waals surface area contributed by atoms with Gasteiger partial charge in [0.2, 0.25) is 10.0 Å². The van der Waals surface area contributed by atoms with Crippen LogP contribution in [0.1, 0.15) is 28.8 Å². The summed E-state index contributed by atoms with van der Waals surface area (Å²) in [4.78, 5) is 14.7. The van der Waals surface area contributed by atoms with Crippen LogP contribution in [0, 0.1) is 0 Å². The molecular formula is C22H23ClN2O3S2. The van der Waals surface area contributed by atoms with Gasteiger partial charge in [0.15, 0.2) is 0 Å². The number of hydrogen-bond donors (Lipinski definition) is 0. The van der Waals surface area contributed by atoms with E-state index in [4.69, 9.17) is 11.6 Å². The molecule has 4 rings (SSSR count). The number of sulfonamides is 1. The van der Waals surface area contributed by atoms with Gasteiger partial charge in [-0.15, -0.1) is 11.8 Å². The predicted molar refractivity (Wildman–Crippen MR) is 123 cm³/mol. The highest BCUT2D eigenvalue weighted by atomic mass is 35.5. The fourth-order valence-corrected chi connectivity index (χ4v) is 6.74. The van der Waals surface area contributed by atoms with Crippen molar-refractivity contribution in [3.8, 4) is 0 Å². The SMILES string of the molecule is O=C(c1ccc(Cl)cc1)N1CCSC12CCN(S(=O)(=O)C=Cc1ccccc1)CC2. The molecule has 2 aliphatic heterocycles. The van der Waals surface area contributed by atoms with Gasteiger partial charge >= 0.3 is 0 Å². The molecule has 0 atom stereocenters. The first-order valence-electron chi connectivity index (χ1n) is 9.84. The Labute approximate surface area is 186 Å². The Morgan fingerprint density at radius 2 is 1.67 bits per heavy atom. The maximum Gasteiger partial charge on any atom is 0.254 e. The van der Waals surface area contributed by atoms with Gasteiger partial charge < -0.3 is 4.90 Å². The lowest BCUT2D eigenvalue weighted by molar-refractivity contribution is 0.0606. The third-order valence-electron chi connectivity index (χ3n) is 5.61. The van der Waals surface area contributed by atoms with E-state index in [-0.39, 0.29) is 10.8 Å². The lowest BCUT2D eigenvalue weighted by atomic mass is 10.0. The number of benzene rings is 2. The summed E-state index contributed by atoms with van der Waals surface area (Å²) in [6, 6.07) is 16.3. The standard InChI is InChI=1S/C22H23ClN2O3S2/c23-20-8-6-19(7-9-20)21(26)25-15-16-29-22(25)11-13-24(14-12-22)30(27,28)17-10-18-4-2-1-3-5-18/h1-10,17H,11-16H2. The molecule has 0 bridgehead atoms. The zero-order valence-corrected chi connectivity index (χ0v) is 18.8. The Morgan fingerprint density at radius 1 is 1.00 bits per heavy atom. The monoisotopic (exact) mass is 462 g/mol. The van der Waals surface area contributed by atoms with Gasteiger partial charge in [0, 0.05) is 41.4 Å². The highest BCUT2D eigenvalue weighted by molar-refractivity contribution is 8.00. The van der Waals surface area contributed by atoms with E-state index >= 15 is 0 Å². The topological polar surface area (TPSA) is 57.7 Å². The lowest BCUT2D eigenvalue weighted by Crippen LogP contribution is -2.53. The number of thioether (sulfide) groups is 1. The van der Waals surface area contributed by atoms with E-state index in [9.17, 15) is 13.2 Å². The summed E-state index contributed by atoms with van der Waals surface area (Å²) < 4.78 is 27.1. The minimum Gasteiger partial charge on any atom is -0.323 e. The van der Waals surface area contributed by atoms with E-state index < -0.39 is 10.0 Å². The van der Waals surface area contributed by atoms with Crippen molar-refractivity contribution in [2.75, 3.05) is 25.4 Å². The molecule has 2 heterocycles. The van der Waals surface area contributed by atoms with Crippen molar-refractivity contribution >= 4 is 45.4 Å². The highest BCUT2D eigenvalue weighted by Crippen LogP contribution is 2.45. The van der Waals surface area contributed by atoms with Crippen LogP contribution in [-0.2, 0) is 10.0 Å². The summed E-state index contributed by atoms with van der Waals surface area (Å²) in [7, 11) is -3.50. The summed E-state index contributed by atoms with van der Waals surface area (Å²) in [6.45, 7) is 1.48. The first-order chi connectivity index (χ1) is 14.4. The fraction of sp³-hybridized carbons (Fsp3) is 0.318. The van der Waals surface area contributed by atoms with Crippen molar-refractivity contribution in [2.45, 2.75) is 17.7 Å². The molecule has 0 aromatic heterocycles. The van der Waals surface area contributed by atoms with Gasteiger partial charge in [-0.2, -0.15) is 4.31 Å². The summed E-state index contributed by atoms with van der Waals surface area (Å²) >= 11 is 7.71. The number of halogens is 1. The van der Waals surface area contributed by atoms with E-state index in [0.29, 0.717) is 43.1 Å². The fourth-order valence-electron chi connectivity index (χ4n) is 3.96. The summed E-state index contributed by atoms with van der Waals surface area (Å²) in [5.41, 5.74) is 1.46. The van der Waals surface area contributed by atoms with E-state index in [0.717, 1.165) is 11.3 Å². The van der Waals surface area contributed by atoms with Crippen LogP contribution in [0.2, 0.25) is 5.02 Å². The molecule has 0 saturated carbocycles. The average Bonchev–Trinajstić information content (AvgIpc) is 3.16. The minimum atomic E-state index is -3.50. The smallest absolute Gasteiger partial charge is 0.254 e. The number of carbonyl (C=O) groups excluding carboxylic acids is 1. The third kappa shape index (κ3) is 4.44. The van der Waals surface area contributed by atoms with Crippen molar-refractivity contribution in [3.63, 3.8) is 0 Å². The van der Waals surface area contributed by atoms with E-state index in [2.05, 4.69) is 0 Å². The molecule has 0 radical (unpaired) electrons. The quantitative estimate of drug-likeness (QED) is 0.678. The van der Waals surface area contributed by atoms with Gasteiger partial charge in [-0.3, -0.25) is 4.79 Å². The van der Waals surface area contributed by atoms with Crippen molar-refractivity contribution < 1.29 is 13.2 Å². The number of hydrogen-bond acceptors (Lipinski definition) is 4. The highest BCUT2D eigenvalue weighted by Gasteiger charge is 2.47. The van der Waals surface area contributed by atoms with Crippen LogP contribution in [0.5, 0.6) is 0 Å². The molecule has 0 unspecified atom stereocenters. The molecule has 5 nitrogen and oxygen atoms in total. The van der Waals surface area contributed by atoms with Crippen LogP contribution in [0.4, 0.5) is 0 Å². The predicted octanol–water partition coefficient (Wildman–Crippen LogP) is 4.32. The molecule has 2 aliphatic rings. The molecule has 2 aromatic carbocycles. The van der Waals surface area contributed by atoms with Gasteiger partial charge in [-0.05, 0) is 48.7 Å². The minimum absolute atomic E-state index is 0.0167. The van der Waals surface area contributed by atoms with Crippen LogP contribution < -0.4 is 0 Å². The number of nitrogens with zero attached hydrogens (tertiary/aromatic N) is 2. The van der Waals surface area contributed by atoms with E-state index in [1.165, 1.54) is 9.71 Å². The van der Waals surface area contributed by atoms with Gasteiger partial charge in [0.1, 0.15) is 0 Å². The Kier molecular flexibility index (Phi) is 6.25. The first-order valence-corrected chi connectivity index (χ1v) is 12.7. The van der Waals surface area contributed by atoms with E-state index in [1.54, 1.807) is 42.1 Å². The number of rotatable bonds is 4. The Bertz CT molecular complexity index is 1030. The molecule has 2 aromatic rings. The van der Waals surface area contributed by atoms with Crippen LogP contribution >= 0.6 is 23.4 Å². The molecule has 0 aliphatic carbocycles. The molecule has 8 heteroatoms. The van der Waals surface area contributed by atoms with Crippen molar-refractivity contribution in [2.24, 2.45) is 0 Å².